The minimum atomic E-state index is -0.459. The Bertz CT molecular complexity index is 267. The first-order chi connectivity index (χ1) is 6.11. The topological polar surface area (TPSA) is 29.5 Å². The number of halogens is 2. The molecule has 0 amide bonds. The quantitative estimate of drug-likeness (QED) is 0.930. The number of hydrogen-bond acceptors (Lipinski definition) is 2. The van der Waals surface area contributed by atoms with Crippen molar-refractivity contribution in [1.29, 1.82) is 0 Å². The van der Waals surface area contributed by atoms with Gasteiger partial charge in [-0.1, -0.05) is 6.07 Å². The van der Waals surface area contributed by atoms with Gasteiger partial charge in [-0.2, -0.15) is 0 Å². The Morgan fingerprint density at radius 2 is 1.92 bits per heavy atom. The predicted molar refractivity (Wildman–Crippen MR) is 59.0 cm³/mol. The molecule has 13 heavy (non-hydrogen) atoms. The van der Waals surface area contributed by atoms with E-state index in [0.717, 1.165) is 14.7 Å². The van der Waals surface area contributed by atoms with E-state index in [1.165, 1.54) is 0 Å². The van der Waals surface area contributed by atoms with Crippen molar-refractivity contribution in [3.8, 4) is 5.75 Å². The van der Waals surface area contributed by atoms with Gasteiger partial charge in [-0.3, -0.25) is 0 Å². The molecule has 1 aromatic carbocycles. The van der Waals surface area contributed by atoms with Gasteiger partial charge in [0.2, 0.25) is 0 Å². The lowest BCUT2D eigenvalue weighted by Crippen LogP contribution is -2.13. The van der Waals surface area contributed by atoms with Gasteiger partial charge in [0.1, 0.15) is 12.4 Å². The second-order valence-corrected chi connectivity index (χ2v) is 4.42. The SMILES string of the molecule is CC(O)COc1c(Br)cccc1Br. The molecule has 4 heteroatoms. The summed E-state index contributed by atoms with van der Waals surface area (Å²) in [5.74, 6) is 0.725. The average molecular weight is 310 g/mol. The molecular formula is C9H10Br2O2. The molecule has 0 aromatic heterocycles. The highest BCUT2D eigenvalue weighted by molar-refractivity contribution is 9.11. The fourth-order valence-corrected chi connectivity index (χ4v) is 2.05. The van der Waals surface area contributed by atoms with Gasteiger partial charge >= 0.3 is 0 Å². The van der Waals surface area contributed by atoms with Gasteiger partial charge in [-0.25, -0.2) is 0 Å². The van der Waals surface area contributed by atoms with Crippen LogP contribution in [0, 0.1) is 0 Å². The third-order valence-corrected chi connectivity index (χ3v) is 2.64. The molecular weight excluding hydrogens is 300 g/mol. The molecule has 0 spiro atoms. The van der Waals surface area contributed by atoms with Crippen LogP contribution in [0.1, 0.15) is 6.92 Å². The summed E-state index contributed by atoms with van der Waals surface area (Å²) < 4.78 is 7.14. The molecule has 0 fully saturated rings. The first-order valence-corrected chi connectivity index (χ1v) is 5.44. The molecule has 0 saturated heterocycles. The number of rotatable bonds is 3. The maximum absolute atomic E-state index is 9.04. The zero-order chi connectivity index (χ0) is 9.84. The lowest BCUT2D eigenvalue weighted by molar-refractivity contribution is 0.122. The smallest absolute Gasteiger partial charge is 0.147 e. The molecule has 0 radical (unpaired) electrons. The van der Waals surface area contributed by atoms with Crippen LogP contribution >= 0.6 is 31.9 Å². The predicted octanol–water partition coefficient (Wildman–Crippen LogP) is 2.97. The van der Waals surface area contributed by atoms with Crippen molar-refractivity contribution < 1.29 is 9.84 Å². The van der Waals surface area contributed by atoms with Crippen molar-refractivity contribution in [3.63, 3.8) is 0 Å². The minimum absolute atomic E-state index is 0.293. The maximum Gasteiger partial charge on any atom is 0.147 e. The molecule has 72 valence electrons. The third kappa shape index (κ3) is 3.29. The average Bonchev–Trinajstić information content (AvgIpc) is 2.03. The van der Waals surface area contributed by atoms with Crippen molar-refractivity contribution in [3.05, 3.63) is 27.1 Å². The van der Waals surface area contributed by atoms with Crippen molar-refractivity contribution in [2.75, 3.05) is 6.61 Å². The third-order valence-electron chi connectivity index (χ3n) is 1.39. The van der Waals surface area contributed by atoms with E-state index in [9.17, 15) is 0 Å². The van der Waals surface area contributed by atoms with Gasteiger partial charge in [-0.15, -0.1) is 0 Å². The Labute approximate surface area is 94.2 Å². The van der Waals surface area contributed by atoms with Crippen LogP contribution < -0.4 is 4.74 Å². The van der Waals surface area contributed by atoms with E-state index in [1.807, 2.05) is 18.2 Å². The van der Waals surface area contributed by atoms with Crippen LogP contribution in [0.15, 0.2) is 27.1 Å². The van der Waals surface area contributed by atoms with Gasteiger partial charge in [0.25, 0.3) is 0 Å². The highest BCUT2D eigenvalue weighted by Gasteiger charge is 2.06. The second kappa shape index (κ2) is 4.98. The molecule has 2 nitrogen and oxygen atoms in total. The van der Waals surface area contributed by atoms with Crippen LogP contribution in [0.5, 0.6) is 5.75 Å². The summed E-state index contributed by atoms with van der Waals surface area (Å²) in [5, 5.41) is 9.04. The van der Waals surface area contributed by atoms with Crippen molar-refractivity contribution in [2.45, 2.75) is 13.0 Å². The van der Waals surface area contributed by atoms with Crippen molar-refractivity contribution >= 4 is 31.9 Å². The normalized spacial score (nSPS) is 12.6. The summed E-state index contributed by atoms with van der Waals surface area (Å²) in [6.45, 7) is 1.98. The first kappa shape index (κ1) is 11.0. The highest BCUT2D eigenvalue weighted by Crippen LogP contribution is 2.32. The summed E-state index contributed by atoms with van der Waals surface area (Å²) in [4.78, 5) is 0. The summed E-state index contributed by atoms with van der Waals surface area (Å²) in [5.41, 5.74) is 0. The Morgan fingerprint density at radius 1 is 1.38 bits per heavy atom. The number of aliphatic hydroxyl groups excluding tert-OH is 1. The Morgan fingerprint density at radius 3 is 2.38 bits per heavy atom. The molecule has 0 aliphatic carbocycles. The first-order valence-electron chi connectivity index (χ1n) is 3.86. The highest BCUT2D eigenvalue weighted by atomic mass is 79.9. The lowest BCUT2D eigenvalue weighted by Gasteiger charge is -2.11. The van der Waals surface area contributed by atoms with E-state index in [1.54, 1.807) is 6.92 Å². The second-order valence-electron chi connectivity index (χ2n) is 2.71. The number of hydrogen-bond donors (Lipinski definition) is 1. The van der Waals surface area contributed by atoms with E-state index in [4.69, 9.17) is 9.84 Å². The molecule has 0 aliphatic rings. The minimum Gasteiger partial charge on any atom is -0.489 e. The van der Waals surface area contributed by atoms with Crippen LogP contribution in [0.25, 0.3) is 0 Å². The monoisotopic (exact) mass is 308 g/mol. The summed E-state index contributed by atoms with van der Waals surface area (Å²) in [6.07, 6.45) is -0.459. The maximum atomic E-state index is 9.04. The molecule has 0 heterocycles. The summed E-state index contributed by atoms with van der Waals surface area (Å²) in [7, 11) is 0. The van der Waals surface area contributed by atoms with Crippen LogP contribution in [0.4, 0.5) is 0 Å². The summed E-state index contributed by atoms with van der Waals surface area (Å²) >= 11 is 6.72. The van der Waals surface area contributed by atoms with E-state index < -0.39 is 6.10 Å². The molecule has 1 unspecified atom stereocenters. The Hall–Kier alpha value is -0.0600. The van der Waals surface area contributed by atoms with Crippen molar-refractivity contribution in [1.82, 2.24) is 0 Å². The van der Waals surface area contributed by atoms with Crippen molar-refractivity contribution in [2.24, 2.45) is 0 Å². The summed E-state index contributed by atoms with van der Waals surface area (Å²) in [6, 6.07) is 5.69. The van der Waals surface area contributed by atoms with Gasteiger partial charge in [0.15, 0.2) is 0 Å². The number of aliphatic hydroxyl groups is 1. The molecule has 1 N–H and O–H groups in total. The molecule has 0 bridgehead atoms. The van der Waals surface area contributed by atoms with Crippen LogP contribution in [-0.4, -0.2) is 17.8 Å². The fraction of sp³-hybridized carbons (Fsp3) is 0.333. The van der Waals surface area contributed by atoms with E-state index >= 15 is 0 Å². The molecule has 1 atom stereocenters. The Balaban J connectivity index is 2.75. The number of ether oxygens (including phenoxy) is 1. The van der Waals surface area contributed by atoms with Crippen LogP contribution in [0.3, 0.4) is 0 Å². The molecule has 1 rings (SSSR count). The largest absolute Gasteiger partial charge is 0.489 e. The molecule has 0 saturated carbocycles. The standard InChI is InChI=1S/C9H10Br2O2/c1-6(12)5-13-9-7(10)3-2-4-8(9)11/h2-4,6,12H,5H2,1H3. The van der Waals surface area contributed by atoms with Gasteiger partial charge in [-0.05, 0) is 50.9 Å². The zero-order valence-corrected chi connectivity index (χ0v) is 10.3. The molecule has 1 aromatic rings. The van der Waals surface area contributed by atoms with Gasteiger partial charge in [0.05, 0.1) is 15.0 Å². The number of para-hydroxylation sites is 1. The number of benzene rings is 1. The van der Waals surface area contributed by atoms with E-state index in [-0.39, 0.29) is 0 Å². The van der Waals surface area contributed by atoms with E-state index in [2.05, 4.69) is 31.9 Å². The van der Waals surface area contributed by atoms with Gasteiger partial charge in [0, 0.05) is 0 Å². The zero-order valence-electron chi connectivity index (χ0n) is 7.13. The lowest BCUT2D eigenvalue weighted by atomic mass is 10.3. The van der Waals surface area contributed by atoms with Crippen LogP contribution in [0.2, 0.25) is 0 Å². The molecule has 0 aliphatic heterocycles. The fourth-order valence-electron chi connectivity index (χ4n) is 0.824. The van der Waals surface area contributed by atoms with E-state index in [0.29, 0.717) is 6.61 Å². The van der Waals surface area contributed by atoms with Gasteiger partial charge < -0.3 is 9.84 Å². The van der Waals surface area contributed by atoms with Crippen LogP contribution in [-0.2, 0) is 0 Å². The Kier molecular flexibility index (Phi) is 4.22.